The molecule has 0 saturated carbocycles. The fourth-order valence-corrected chi connectivity index (χ4v) is 3.28. The molecule has 106 valence electrons. The summed E-state index contributed by atoms with van der Waals surface area (Å²) in [4.78, 5) is 0. The average Bonchev–Trinajstić information content (AvgIpc) is 2.43. The first-order chi connectivity index (χ1) is 9.45. The van der Waals surface area contributed by atoms with Crippen molar-refractivity contribution in [1.29, 1.82) is 0 Å². The Morgan fingerprint density at radius 3 is 2.55 bits per heavy atom. The van der Waals surface area contributed by atoms with Gasteiger partial charge in [0, 0.05) is 18.6 Å². The zero-order valence-electron chi connectivity index (χ0n) is 10.4. The van der Waals surface area contributed by atoms with Crippen LogP contribution in [0.25, 0.3) is 0 Å². The van der Waals surface area contributed by atoms with Crippen LogP contribution >= 0.6 is 61.7 Å². The van der Waals surface area contributed by atoms with E-state index in [2.05, 4.69) is 43.8 Å². The summed E-state index contributed by atoms with van der Waals surface area (Å²) in [5, 5.41) is 3.81. The van der Waals surface area contributed by atoms with Gasteiger partial charge in [0.2, 0.25) is 0 Å². The van der Waals surface area contributed by atoms with Gasteiger partial charge >= 0.3 is 0 Å². The standard InChI is InChI=1S/C14H10BrCl2FIN/c1-20-14(9-6-7(16)2-5-11(9)19)8-3-4-10(15)12(17)13(8)18/h2-6,14,20H,1H3. The van der Waals surface area contributed by atoms with E-state index in [1.807, 2.05) is 18.2 Å². The fraction of sp³-hybridized carbons (Fsp3) is 0.143. The lowest BCUT2D eigenvalue weighted by molar-refractivity contribution is 0.575. The van der Waals surface area contributed by atoms with Crippen molar-refractivity contribution >= 4 is 61.7 Å². The van der Waals surface area contributed by atoms with Crippen molar-refractivity contribution < 1.29 is 4.39 Å². The summed E-state index contributed by atoms with van der Waals surface area (Å²) >= 11 is 17.4. The number of hydrogen-bond acceptors (Lipinski definition) is 1. The van der Waals surface area contributed by atoms with Crippen LogP contribution in [-0.4, -0.2) is 7.05 Å². The summed E-state index contributed by atoms with van der Waals surface area (Å²) < 4.78 is 15.9. The molecule has 20 heavy (non-hydrogen) atoms. The van der Waals surface area contributed by atoms with Gasteiger partial charge in [0.1, 0.15) is 5.82 Å². The Labute approximate surface area is 149 Å². The molecule has 2 aromatic carbocycles. The number of hydrogen-bond donors (Lipinski definition) is 1. The quantitative estimate of drug-likeness (QED) is 0.425. The lowest BCUT2D eigenvalue weighted by Gasteiger charge is -2.20. The Kier molecular flexibility index (Phi) is 5.71. The Bertz CT molecular complexity index is 651. The number of benzene rings is 2. The van der Waals surface area contributed by atoms with E-state index in [0.717, 1.165) is 9.13 Å². The molecule has 0 amide bonds. The Morgan fingerprint density at radius 2 is 1.90 bits per heavy atom. The maximum absolute atomic E-state index is 14.4. The predicted octanol–water partition coefficient (Wildman–Crippen LogP) is 5.81. The third kappa shape index (κ3) is 3.30. The van der Waals surface area contributed by atoms with E-state index in [9.17, 15) is 4.39 Å². The second kappa shape index (κ2) is 6.92. The number of rotatable bonds is 3. The van der Waals surface area contributed by atoms with Gasteiger partial charge in [-0.2, -0.15) is 0 Å². The van der Waals surface area contributed by atoms with E-state index in [4.69, 9.17) is 23.2 Å². The van der Waals surface area contributed by atoms with Crippen LogP contribution in [0.5, 0.6) is 0 Å². The monoisotopic (exact) mass is 487 g/mol. The van der Waals surface area contributed by atoms with Crippen molar-refractivity contribution in [3.05, 3.63) is 65.4 Å². The first-order valence-corrected chi connectivity index (χ1v) is 8.34. The topological polar surface area (TPSA) is 12.0 Å². The third-order valence-corrected chi connectivity index (χ3v) is 5.41. The minimum atomic E-state index is -0.434. The van der Waals surface area contributed by atoms with Gasteiger partial charge in [0.05, 0.1) is 11.1 Å². The maximum atomic E-state index is 14.4. The van der Waals surface area contributed by atoms with Crippen LogP contribution in [0.1, 0.15) is 17.2 Å². The molecule has 0 aromatic heterocycles. The van der Waals surface area contributed by atoms with E-state index < -0.39 is 5.82 Å². The zero-order valence-corrected chi connectivity index (χ0v) is 15.6. The summed E-state index contributed by atoms with van der Waals surface area (Å²) in [6.07, 6.45) is 0. The van der Waals surface area contributed by atoms with Gasteiger partial charge < -0.3 is 5.32 Å². The zero-order chi connectivity index (χ0) is 14.9. The van der Waals surface area contributed by atoms with Gasteiger partial charge in [-0.25, -0.2) is 4.39 Å². The largest absolute Gasteiger partial charge is 0.309 e. The van der Waals surface area contributed by atoms with Gasteiger partial charge in [0.15, 0.2) is 0 Å². The molecule has 1 atom stereocenters. The van der Waals surface area contributed by atoms with Gasteiger partial charge in [-0.05, 0) is 75.4 Å². The Balaban J connectivity index is 2.58. The molecule has 2 rings (SSSR count). The van der Waals surface area contributed by atoms with Crippen LogP contribution in [0, 0.1) is 9.39 Å². The lowest BCUT2D eigenvalue weighted by Crippen LogP contribution is -2.20. The van der Waals surface area contributed by atoms with Gasteiger partial charge in [-0.15, -0.1) is 0 Å². The minimum absolute atomic E-state index is 0.0831. The van der Waals surface area contributed by atoms with E-state index in [-0.39, 0.29) is 11.1 Å². The molecule has 1 N–H and O–H groups in total. The molecule has 0 aliphatic heterocycles. The maximum Gasteiger partial charge on any atom is 0.148 e. The van der Waals surface area contributed by atoms with Gasteiger partial charge in [-0.1, -0.05) is 29.3 Å². The van der Waals surface area contributed by atoms with Crippen LogP contribution in [0.15, 0.2) is 34.8 Å². The minimum Gasteiger partial charge on any atom is -0.309 e. The Morgan fingerprint density at radius 1 is 1.20 bits per heavy atom. The van der Waals surface area contributed by atoms with Crippen molar-refractivity contribution in [1.82, 2.24) is 5.32 Å². The molecule has 0 spiro atoms. The first-order valence-electron chi connectivity index (χ1n) is 5.71. The molecular formula is C14H10BrCl2FIN. The summed E-state index contributed by atoms with van der Waals surface area (Å²) in [5.74, 6) is -0.434. The molecule has 0 aliphatic carbocycles. The fourth-order valence-electron chi connectivity index (χ4n) is 1.98. The summed E-state index contributed by atoms with van der Waals surface area (Å²) in [5.41, 5.74) is 1.40. The summed E-state index contributed by atoms with van der Waals surface area (Å²) in [6, 6.07) is 8.68. The van der Waals surface area contributed by atoms with Crippen molar-refractivity contribution in [2.24, 2.45) is 0 Å². The molecular weight excluding hydrogens is 479 g/mol. The highest BCUT2D eigenvalue weighted by atomic mass is 127. The SMILES string of the molecule is CNC(c1cc(Cl)ccc1I)c1ccc(Br)c(Cl)c1F. The third-order valence-electron chi connectivity index (χ3n) is 2.93. The van der Waals surface area contributed by atoms with Crippen LogP contribution in [-0.2, 0) is 0 Å². The second-order valence-electron chi connectivity index (χ2n) is 4.15. The molecule has 1 unspecified atom stereocenters. The summed E-state index contributed by atoms with van der Waals surface area (Å²) in [7, 11) is 1.77. The average molecular weight is 489 g/mol. The lowest BCUT2D eigenvalue weighted by atomic mass is 9.98. The molecule has 0 radical (unpaired) electrons. The van der Waals surface area contributed by atoms with E-state index in [1.54, 1.807) is 19.2 Å². The molecule has 0 aliphatic rings. The Hall–Kier alpha value is 0.120. The van der Waals surface area contributed by atoms with Crippen LogP contribution in [0.3, 0.4) is 0 Å². The number of nitrogens with one attached hydrogen (secondary N) is 1. The second-order valence-corrected chi connectivity index (χ2v) is 6.98. The van der Waals surface area contributed by atoms with Crippen LogP contribution in [0.4, 0.5) is 4.39 Å². The van der Waals surface area contributed by atoms with Crippen LogP contribution in [0.2, 0.25) is 10.0 Å². The van der Waals surface area contributed by atoms with Crippen molar-refractivity contribution in [2.75, 3.05) is 7.05 Å². The van der Waals surface area contributed by atoms with Crippen molar-refractivity contribution in [2.45, 2.75) is 6.04 Å². The molecule has 2 aromatic rings. The van der Waals surface area contributed by atoms with E-state index >= 15 is 0 Å². The van der Waals surface area contributed by atoms with Crippen molar-refractivity contribution in [3.63, 3.8) is 0 Å². The highest BCUT2D eigenvalue weighted by molar-refractivity contribution is 14.1. The predicted molar refractivity (Wildman–Crippen MR) is 94.2 cm³/mol. The highest BCUT2D eigenvalue weighted by Crippen LogP contribution is 2.34. The highest BCUT2D eigenvalue weighted by Gasteiger charge is 2.21. The van der Waals surface area contributed by atoms with Gasteiger partial charge in [0.25, 0.3) is 0 Å². The van der Waals surface area contributed by atoms with Crippen LogP contribution < -0.4 is 5.32 Å². The van der Waals surface area contributed by atoms with E-state index in [0.29, 0.717) is 15.1 Å². The normalized spacial score (nSPS) is 12.5. The number of halogens is 5. The van der Waals surface area contributed by atoms with Crippen molar-refractivity contribution in [3.8, 4) is 0 Å². The molecule has 0 saturated heterocycles. The molecule has 1 nitrogen and oxygen atoms in total. The smallest absolute Gasteiger partial charge is 0.148 e. The van der Waals surface area contributed by atoms with E-state index in [1.165, 1.54) is 0 Å². The molecule has 0 heterocycles. The molecule has 0 fully saturated rings. The first kappa shape index (κ1) is 16.5. The molecule has 6 heteroatoms. The van der Waals surface area contributed by atoms with Gasteiger partial charge in [-0.3, -0.25) is 0 Å². The summed E-state index contributed by atoms with van der Waals surface area (Å²) in [6.45, 7) is 0. The molecule has 0 bridgehead atoms.